The number of hydrogen-bond donors (Lipinski definition) is 2. The van der Waals surface area contributed by atoms with E-state index in [0.29, 0.717) is 6.54 Å². The van der Waals surface area contributed by atoms with Gasteiger partial charge in [0, 0.05) is 25.2 Å². The summed E-state index contributed by atoms with van der Waals surface area (Å²) in [6.07, 6.45) is 1.71. The van der Waals surface area contributed by atoms with E-state index in [1.807, 2.05) is 6.92 Å². The zero-order valence-corrected chi connectivity index (χ0v) is 14.3. The van der Waals surface area contributed by atoms with Crippen molar-refractivity contribution in [3.8, 4) is 0 Å². The Labute approximate surface area is 136 Å². The SMILES string of the molecule is CCCN(C(=O)c1cc(S(N)(=O)=O)c(C)o1)C1CCNC1.Cl. The van der Waals surface area contributed by atoms with E-state index < -0.39 is 10.0 Å². The van der Waals surface area contributed by atoms with Crippen LogP contribution in [0.15, 0.2) is 15.4 Å². The predicted molar refractivity (Wildman–Crippen MR) is 84.7 cm³/mol. The maximum atomic E-state index is 12.6. The number of carbonyl (C=O) groups excluding carboxylic acids is 1. The van der Waals surface area contributed by atoms with Gasteiger partial charge >= 0.3 is 0 Å². The molecular formula is C13H22ClN3O4S. The molecule has 0 aromatic carbocycles. The van der Waals surface area contributed by atoms with Gasteiger partial charge in [0.1, 0.15) is 10.7 Å². The molecule has 1 fully saturated rings. The lowest BCUT2D eigenvalue weighted by Crippen LogP contribution is -2.41. The molecule has 2 heterocycles. The summed E-state index contributed by atoms with van der Waals surface area (Å²) in [4.78, 5) is 14.2. The van der Waals surface area contributed by atoms with Crippen LogP contribution in [0.2, 0.25) is 0 Å². The van der Waals surface area contributed by atoms with Crippen molar-refractivity contribution in [2.75, 3.05) is 19.6 Å². The number of carbonyl (C=O) groups is 1. The largest absolute Gasteiger partial charge is 0.455 e. The number of nitrogens with one attached hydrogen (secondary N) is 1. The van der Waals surface area contributed by atoms with E-state index in [0.717, 1.165) is 25.9 Å². The van der Waals surface area contributed by atoms with E-state index in [4.69, 9.17) is 9.56 Å². The van der Waals surface area contributed by atoms with Crippen LogP contribution >= 0.6 is 12.4 Å². The van der Waals surface area contributed by atoms with Crippen molar-refractivity contribution >= 4 is 28.3 Å². The lowest BCUT2D eigenvalue weighted by molar-refractivity contribution is 0.0658. The molecule has 1 saturated heterocycles. The van der Waals surface area contributed by atoms with Gasteiger partial charge in [-0.1, -0.05) is 6.92 Å². The zero-order chi connectivity index (χ0) is 15.6. The minimum absolute atomic E-state index is 0. The third-order valence-corrected chi connectivity index (χ3v) is 4.61. The van der Waals surface area contributed by atoms with Gasteiger partial charge in [0.2, 0.25) is 10.0 Å². The molecule has 3 N–H and O–H groups in total. The standard InChI is InChI=1S/C13H21N3O4S.ClH/c1-3-6-16(10-4-5-15-8-10)13(17)11-7-12(9(2)20-11)21(14,18)19;/h7,10,15H,3-6,8H2,1-2H3,(H2,14,18,19);1H. The maximum Gasteiger partial charge on any atom is 0.289 e. The summed E-state index contributed by atoms with van der Waals surface area (Å²) >= 11 is 0. The number of furan rings is 1. The van der Waals surface area contributed by atoms with Gasteiger partial charge < -0.3 is 14.6 Å². The summed E-state index contributed by atoms with van der Waals surface area (Å²) in [6.45, 7) is 5.70. The van der Waals surface area contributed by atoms with E-state index in [9.17, 15) is 13.2 Å². The highest BCUT2D eigenvalue weighted by molar-refractivity contribution is 7.89. The minimum atomic E-state index is -3.88. The molecule has 9 heteroatoms. The fourth-order valence-electron chi connectivity index (χ4n) is 2.59. The van der Waals surface area contributed by atoms with Crippen molar-refractivity contribution in [2.45, 2.75) is 37.6 Å². The van der Waals surface area contributed by atoms with Crippen LogP contribution in [0, 0.1) is 6.92 Å². The predicted octanol–water partition coefficient (Wildman–Crippen LogP) is 0.871. The van der Waals surface area contributed by atoms with E-state index in [-0.39, 0.29) is 40.8 Å². The minimum Gasteiger partial charge on any atom is -0.455 e. The van der Waals surface area contributed by atoms with Crippen molar-refractivity contribution in [3.63, 3.8) is 0 Å². The Morgan fingerprint density at radius 2 is 2.23 bits per heavy atom. The van der Waals surface area contributed by atoms with E-state index in [2.05, 4.69) is 5.32 Å². The number of sulfonamides is 1. The van der Waals surface area contributed by atoms with Crippen LogP contribution in [0.1, 0.15) is 36.1 Å². The van der Waals surface area contributed by atoms with Gasteiger partial charge in [-0.15, -0.1) is 12.4 Å². The molecule has 1 amide bonds. The number of amides is 1. The van der Waals surface area contributed by atoms with Gasteiger partial charge in [0.25, 0.3) is 5.91 Å². The van der Waals surface area contributed by atoms with Crippen molar-refractivity contribution in [1.29, 1.82) is 0 Å². The fraction of sp³-hybridized carbons (Fsp3) is 0.615. The second-order valence-electron chi connectivity index (χ2n) is 5.22. The molecule has 0 saturated carbocycles. The lowest BCUT2D eigenvalue weighted by Gasteiger charge is -2.27. The van der Waals surface area contributed by atoms with Gasteiger partial charge in [0.15, 0.2) is 5.76 Å². The second-order valence-corrected chi connectivity index (χ2v) is 6.75. The van der Waals surface area contributed by atoms with Crippen LogP contribution in [0.5, 0.6) is 0 Å². The first-order valence-electron chi connectivity index (χ1n) is 6.99. The van der Waals surface area contributed by atoms with Crippen molar-refractivity contribution in [1.82, 2.24) is 10.2 Å². The third kappa shape index (κ3) is 4.01. The van der Waals surface area contributed by atoms with Crippen LogP contribution in [0.25, 0.3) is 0 Å². The van der Waals surface area contributed by atoms with Gasteiger partial charge in [-0.25, -0.2) is 13.6 Å². The number of primary sulfonamides is 1. The molecule has 0 spiro atoms. The number of rotatable bonds is 5. The Bertz CT molecular complexity index is 623. The molecule has 1 aliphatic heterocycles. The molecule has 0 aliphatic carbocycles. The number of nitrogens with zero attached hydrogens (tertiary/aromatic N) is 1. The maximum absolute atomic E-state index is 12.6. The number of nitrogens with two attached hydrogens (primary N) is 1. The van der Waals surface area contributed by atoms with E-state index >= 15 is 0 Å². The Balaban J connectivity index is 0.00000242. The molecule has 1 aromatic rings. The second kappa shape index (κ2) is 7.45. The molecule has 7 nitrogen and oxygen atoms in total. The molecule has 1 aromatic heterocycles. The summed E-state index contributed by atoms with van der Waals surface area (Å²) in [7, 11) is -3.88. The summed E-state index contributed by atoms with van der Waals surface area (Å²) in [5.41, 5.74) is 0. The Hall–Kier alpha value is -1.09. The van der Waals surface area contributed by atoms with E-state index in [1.54, 1.807) is 4.90 Å². The van der Waals surface area contributed by atoms with Crippen LogP contribution in [0.4, 0.5) is 0 Å². The van der Waals surface area contributed by atoms with Gasteiger partial charge in [-0.3, -0.25) is 4.79 Å². The first-order valence-corrected chi connectivity index (χ1v) is 8.54. The number of halogens is 1. The fourth-order valence-corrected chi connectivity index (χ4v) is 3.30. The Kier molecular flexibility index (Phi) is 6.42. The quantitative estimate of drug-likeness (QED) is 0.818. The molecule has 22 heavy (non-hydrogen) atoms. The van der Waals surface area contributed by atoms with Crippen LogP contribution in [-0.4, -0.2) is 44.9 Å². The average Bonchev–Trinajstić information content (AvgIpc) is 3.03. The normalized spacial score (nSPS) is 18.0. The Morgan fingerprint density at radius 1 is 1.55 bits per heavy atom. The lowest BCUT2D eigenvalue weighted by atomic mass is 10.2. The van der Waals surface area contributed by atoms with E-state index in [1.165, 1.54) is 13.0 Å². The van der Waals surface area contributed by atoms with Crippen LogP contribution < -0.4 is 10.5 Å². The Morgan fingerprint density at radius 3 is 2.68 bits per heavy atom. The van der Waals surface area contributed by atoms with Gasteiger partial charge in [0.05, 0.1) is 0 Å². The molecule has 2 rings (SSSR count). The molecule has 0 bridgehead atoms. The van der Waals surface area contributed by atoms with Crippen molar-refractivity contribution < 1.29 is 17.6 Å². The first kappa shape index (κ1) is 19.0. The zero-order valence-electron chi connectivity index (χ0n) is 12.7. The summed E-state index contributed by atoms with van der Waals surface area (Å²) < 4.78 is 28.2. The molecule has 1 aliphatic rings. The monoisotopic (exact) mass is 351 g/mol. The number of aryl methyl sites for hydroxylation is 1. The number of hydrogen-bond acceptors (Lipinski definition) is 5. The smallest absolute Gasteiger partial charge is 0.289 e. The molecule has 126 valence electrons. The average molecular weight is 352 g/mol. The highest BCUT2D eigenvalue weighted by atomic mass is 35.5. The van der Waals surface area contributed by atoms with Crippen molar-refractivity contribution in [2.24, 2.45) is 5.14 Å². The summed E-state index contributed by atoms with van der Waals surface area (Å²) in [5.74, 6) is -0.123. The molecular weight excluding hydrogens is 330 g/mol. The summed E-state index contributed by atoms with van der Waals surface area (Å²) in [6, 6.07) is 1.33. The molecule has 1 atom stereocenters. The highest BCUT2D eigenvalue weighted by Gasteiger charge is 2.30. The van der Waals surface area contributed by atoms with Gasteiger partial charge in [-0.05, 0) is 26.3 Å². The third-order valence-electron chi connectivity index (χ3n) is 3.59. The molecule has 0 radical (unpaired) electrons. The summed E-state index contributed by atoms with van der Waals surface area (Å²) in [5, 5.41) is 8.32. The van der Waals surface area contributed by atoms with Crippen molar-refractivity contribution in [3.05, 3.63) is 17.6 Å². The molecule has 1 unspecified atom stereocenters. The van der Waals surface area contributed by atoms with Gasteiger partial charge in [-0.2, -0.15) is 0 Å². The van der Waals surface area contributed by atoms with Crippen LogP contribution in [0.3, 0.4) is 0 Å². The van der Waals surface area contributed by atoms with Crippen LogP contribution in [-0.2, 0) is 10.0 Å². The topological polar surface area (TPSA) is 106 Å². The first-order chi connectivity index (χ1) is 9.84. The highest BCUT2D eigenvalue weighted by Crippen LogP contribution is 2.22.